The highest BCUT2D eigenvalue weighted by molar-refractivity contribution is 6.03. The third-order valence-corrected chi connectivity index (χ3v) is 5.62. The van der Waals surface area contributed by atoms with Gasteiger partial charge in [0.05, 0.1) is 0 Å². The molecule has 3 N–H and O–H groups in total. The molecule has 0 spiro atoms. The normalized spacial score (nSPS) is 10.9. The van der Waals surface area contributed by atoms with Gasteiger partial charge in [0, 0.05) is 16.6 Å². The summed E-state index contributed by atoms with van der Waals surface area (Å²) in [6.45, 7) is 2.07. The fourth-order valence-electron chi connectivity index (χ4n) is 3.77. The van der Waals surface area contributed by atoms with Crippen LogP contribution in [0.2, 0.25) is 0 Å². The number of carbonyl (C=O) groups excluding carboxylic acids is 2. The molecule has 0 aliphatic heterocycles. The van der Waals surface area contributed by atoms with Crippen molar-refractivity contribution in [1.82, 2.24) is 0 Å². The van der Waals surface area contributed by atoms with E-state index < -0.39 is 5.91 Å². The molecule has 2 amide bonds. The minimum absolute atomic E-state index is 0.0694. The Morgan fingerprint density at radius 3 is 2.51 bits per heavy atom. The predicted molar refractivity (Wildman–Crippen MR) is 132 cm³/mol. The molecule has 0 fully saturated rings. The highest BCUT2D eigenvalue weighted by atomic mass is 16.5. The summed E-state index contributed by atoms with van der Waals surface area (Å²) < 4.78 is 17.2. The number of hydrogen-bond donors (Lipinski definition) is 2. The van der Waals surface area contributed by atoms with Crippen LogP contribution in [0.25, 0.3) is 22.1 Å². The van der Waals surface area contributed by atoms with Gasteiger partial charge >= 0.3 is 0 Å². The van der Waals surface area contributed by atoms with E-state index in [2.05, 4.69) is 5.32 Å². The molecule has 3 aromatic carbocycles. The van der Waals surface area contributed by atoms with Crippen LogP contribution in [0, 0.1) is 6.92 Å². The summed E-state index contributed by atoms with van der Waals surface area (Å²) >= 11 is 0. The van der Waals surface area contributed by atoms with Crippen molar-refractivity contribution in [3.63, 3.8) is 0 Å². The van der Waals surface area contributed by atoms with Gasteiger partial charge in [-0.3, -0.25) is 9.59 Å². The maximum Gasteiger partial charge on any atom is 0.291 e. The summed E-state index contributed by atoms with van der Waals surface area (Å²) in [7, 11) is 0. The molecule has 7 heteroatoms. The Labute approximate surface area is 201 Å². The molecule has 7 nitrogen and oxygen atoms in total. The van der Waals surface area contributed by atoms with Crippen molar-refractivity contribution < 1.29 is 23.2 Å². The second-order valence-corrected chi connectivity index (χ2v) is 8.04. The summed E-state index contributed by atoms with van der Waals surface area (Å²) in [5.41, 5.74) is 7.41. The minimum atomic E-state index is -0.644. The first kappa shape index (κ1) is 22.0. The second-order valence-electron chi connectivity index (χ2n) is 8.04. The van der Waals surface area contributed by atoms with Crippen LogP contribution < -0.4 is 15.8 Å². The molecule has 5 aromatic rings. The lowest BCUT2D eigenvalue weighted by atomic mass is 10.1. The molecule has 35 heavy (non-hydrogen) atoms. The van der Waals surface area contributed by atoms with Crippen LogP contribution in [0.15, 0.2) is 93.8 Å². The number of rotatable bonds is 7. The van der Waals surface area contributed by atoms with E-state index >= 15 is 0 Å². The number of furan rings is 2. The Bertz CT molecular complexity index is 1540. The Balaban J connectivity index is 1.28. The molecule has 2 heterocycles. The van der Waals surface area contributed by atoms with Gasteiger partial charge in [0.1, 0.15) is 23.9 Å². The van der Waals surface area contributed by atoms with Crippen LogP contribution in [0.3, 0.4) is 0 Å². The van der Waals surface area contributed by atoms with Crippen LogP contribution in [0.4, 0.5) is 5.69 Å². The molecule has 174 valence electrons. The fraction of sp³-hybridized carbons (Fsp3) is 0.0714. The van der Waals surface area contributed by atoms with E-state index in [4.69, 9.17) is 19.3 Å². The van der Waals surface area contributed by atoms with Gasteiger partial charge in [-0.05, 0) is 54.3 Å². The van der Waals surface area contributed by atoms with Crippen LogP contribution in [-0.4, -0.2) is 11.8 Å². The number of fused-ring (bicyclic) bond motifs is 1. The quantitative estimate of drug-likeness (QED) is 0.309. The SMILES string of the molecule is Cc1ccc(-c2ccc(C(N)=O)o2)cc1NC(=O)c1ccc(COc2cccc3ccccc23)o1. The third-order valence-electron chi connectivity index (χ3n) is 5.62. The maximum atomic E-state index is 12.8. The van der Waals surface area contributed by atoms with Gasteiger partial charge in [-0.1, -0.05) is 48.5 Å². The van der Waals surface area contributed by atoms with Crippen molar-refractivity contribution in [2.24, 2.45) is 5.73 Å². The lowest BCUT2D eigenvalue weighted by molar-refractivity contribution is 0.0972. The van der Waals surface area contributed by atoms with Crippen molar-refractivity contribution in [3.05, 3.63) is 108 Å². The van der Waals surface area contributed by atoms with Crippen LogP contribution in [0.1, 0.15) is 32.4 Å². The first-order valence-corrected chi connectivity index (χ1v) is 11.0. The van der Waals surface area contributed by atoms with E-state index in [1.807, 2.05) is 61.5 Å². The highest BCUT2D eigenvalue weighted by Crippen LogP contribution is 2.28. The van der Waals surface area contributed by atoms with Crippen LogP contribution >= 0.6 is 0 Å². The lowest BCUT2D eigenvalue weighted by Crippen LogP contribution is -2.12. The second kappa shape index (κ2) is 9.23. The van der Waals surface area contributed by atoms with Crippen molar-refractivity contribution in [3.8, 4) is 17.1 Å². The average Bonchev–Trinajstić information content (AvgIpc) is 3.54. The van der Waals surface area contributed by atoms with Gasteiger partial charge < -0.3 is 24.6 Å². The highest BCUT2D eigenvalue weighted by Gasteiger charge is 2.15. The largest absolute Gasteiger partial charge is 0.485 e. The minimum Gasteiger partial charge on any atom is -0.485 e. The molecule has 2 aromatic heterocycles. The molecule has 0 saturated heterocycles. The monoisotopic (exact) mass is 466 g/mol. The Morgan fingerprint density at radius 2 is 1.69 bits per heavy atom. The molecule has 0 atom stereocenters. The molecule has 5 rings (SSSR count). The Hall–Kier alpha value is -4.78. The standard InChI is InChI=1S/C28H22N2O5/c1-17-9-10-19(23-13-14-25(35-23)27(29)31)15-22(17)30-28(32)26-12-11-20(34-26)16-33-24-8-4-6-18-5-2-3-7-21(18)24/h2-15H,16H2,1H3,(H2,29,31)(H,30,32). The first-order chi connectivity index (χ1) is 17.0. The number of primary amides is 1. The van der Waals surface area contributed by atoms with E-state index in [0.717, 1.165) is 22.1 Å². The molecule has 0 unspecified atom stereocenters. The summed E-state index contributed by atoms with van der Waals surface area (Å²) in [6.07, 6.45) is 0. The van der Waals surface area contributed by atoms with E-state index in [9.17, 15) is 9.59 Å². The van der Waals surface area contributed by atoms with E-state index in [0.29, 0.717) is 22.8 Å². The van der Waals surface area contributed by atoms with Gasteiger partial charge in [0.15, 0.2) is 11.5 Å². The number of hydrogen-bond acceptors (Lipinski definition) is 5. The average molecular weight is 466 g/mol. The molecule has 0 aliphatic rings. The number of amides is 2. The summed E-state index contributed by atoms with van der Waals surface area (Å²) in [4.78, 5) is 24.1. The van der Waals surface area contributed by atoms with Crippen molar-refractivity contribution in [2.45, 2.75) is 13.5 Å². The zero-order valence-corrected chi connectivity index (χ0v) is 18.9. The van der Waals surface area contributed by atoms with E-state index in [1.54, 1.807) is 24.3 Å². The van der Waals surface area contributed by atoms with Gasteiger partial charge in [-0.25, -0.2) is 0 Å². The fourth-order valence-corrected chi connectivity index (χ4v) is 3.77. The van der Waals surface area contributed by atoms with Crippen molar-refractivity contribution >= 4 is 28.3 Å². The molecule has 0 radical (unpaired) electrons. The smallest absolute Gasteiger partial charge is 0.291 e. The van der Waals surface area contributed by atoms with E-state index in [1.165, 1.54) is 6.07 Å². The number of nitrogens with two attached hydrogens (primary N) is 1. The molecular weight excluding hydrogens is 444 g/mol. The number of ether oxygens (including phenoxy) is 1. The first-order valence-electron chi connectivity index (χ1n) is 11.0. The van der Waals surface area contributed by atoms with Crippen molar-refractivity contribution in [2.75, 3.05) is 5.32 Å². The molecule has 0 aliphatic carbocycles. The zero-order valence-electron chi connectivity index (χ0n) is 18.9. The predicted octanol–water partition coefficient (Wildman–Crippen LogP) is 5.93. The van der Waals surface area contributed by atoms with Crippen molar-refractivity contribution in [1.29, 1.82) is 0 Å². The van der Waals surface area contributed by atoms with Gasteiger partial charge in [-0.2, -0.15) is 0 Å². The molecule has 0 bridgehead atoms. The molecular formula is C28H22N2O5. The topological polar surface area (TPSA) is 108 Å². The van der Waals surface area contributed by atoms with Crippen LogP contribution in [-0.2, 0) is 6.61 Å². The number of nitrogens with one attached hydrogen (secondary N) is 1. The summed E-state index contributed by atoms with van der Waals surface area (Å²) in [5, 5.41) is 4.97. The summed E-state index contributed by atoms with van der Waals surface area (Å²) in [5.74, 6) is 0.952. The number of aryl methyl sites for hydroxylation is 1. The molecule has 0 saturated carbocycles. The Kier molecular flexibility index (Phi) is 5.81. The zero-order chi connectivity index (χ0) is 24.4. The van der Waals surface area contributed by atoms with Gasteiger partial charge in [0.2, 0.25) is 0 Å². The van der Waals surface area contributed by atoms with Gasteiger partial charge in [0.25, 0.3) is 11.8 Å². The Morgan fingerprint density at radius 1 is 0.886 bits per heavy atom. The van der Waals surface area contributed by atoms with E-state index in [-0.39, 0.29) is 24.0 Å². The van der Waals surface area contributed by atoms with Crippen LogP contribution in [0.5, 0.6) is 5.75 Å². The number of carbonyl (C=O) groups is 2. The maximum absolute atomic E-state index is 12.8. The summed E-state index contributed by atoms with van der Waals surface area (Å²) in [6, 6.07) is 25.8. The lowest BCUT2D eigenvalue weighted by Gasteiger charge is -2.09. The number of anilines is 1. The third kappa shape index (κ3) is 4.65. The van der Waals surface area contributed by atoms with Gasteiger partial charge in [-0.15, -0.1) is 0 Å². The number of benzene rings is 3.